The molecule has 0 unspecified atom stereocenters. The molecule has 3 heterocycles. The summed E-state index contributed by atoms with van der Waals surface area (Å²) in [6.07, 6.45) is 1.40. The third-order valence-electron chi connectivity index (χ3n) is 5.52. The van der Waals surface area contributed by atoms with Crippen molar-refractivity contribution < 1.29 is 14.0 Å². The van der Waals surface area contributed by atoms with Crippen LogP contribution in [0.15, 0.2) is 48.7 Å². The van der Waals surface area contributed by atoms with Crippen molar-refractivity contribution in [3.8, 4) is 5.69 Å². The normalized spacial score (nSPS) is 13.4. The molecule has 30 heavy (non-hydrogen) atoms. The van der Waals surface area contributed by atoms with E-state index in [4.69, 9.17) is 0 Å². The number of halogens is 1. The number of aryl methyl sites for hydroxylation is 3. The summed E-state index contributed by atoms with van der Waals surface area (Å²) in [7, 11) is 0. The molecule has 1 aliphatic rings. The van der Waals surface area contributed by atoms with E-state index >= 15 is 0 Å². The van der Waals surface area contributed by atoms with E-state index in [2.05, 4.69) is 10.1 Å². The first-order valence-electron chi connectivity index (χ1n) is 9.47. The Morgan fingerprint density at radius 2 is 1.70 bits per heavy atom. The van der Waals surface area contributed by atoms with E-state index in [1.807, 2.05) is 26.0 Å². The highest BCUT2D eigenvalue weighted by atomic mass is 19.1. The number of hydrogen-bond acceptors (Lipinski definition) is 4. The second kappa shape index (κ2) is 6.32. The molecule has 0 saturated heterocycles. The first kappa shape index (κ1) is 18.2. The quantitative estimate of drug-likeness (QED) is 0.471. The average molecular weight is 400 g/mol. The third kappa shape index (κ3) is 2.48. The minimum atomic E-state index is -0.412. The second-order valence-corrected chi connectivity index (χ2v) is 7.44. The lowest BCUT2D eigenvalue weighted by Gasteiger charge is -2.15. The number of fused-ring (bicyclic) bond motifs is 3. The number of imide groups is 1. The summed E-state index contributed by atoms with van der Waals surface area (Å²) in [4.78, 5) is 32.0. The Kier molecular flexibility index (Phi) is 3.83. The van der Waals surface area contributed by atoms with Crippen LogP contribution < -0.4 is 4.90 Å². The molecule has 4 aromatic rings. The Morgan fingerprint density at radius 1 is 0.900 bits per heavy atom. The van der Waals surface area contributed by atoms with E-state index < -0.39 is 17.6 Å². The minimum absolute atomic E-state index is 0.243. The number of aromatic nitrogens is 3. The Bertz CT molecular complexity index is 1390. The van der Waals surface area contributed by atoms with Crippen LogP contribution in [0.5, 0.6) is 0 Å². The first-order chi connectivity index (χ1) is 14.4. The zero-order chi connectivity index (χ0) is 21.2. The molecule has 0 atom stereocenters. The fraction of sp³-hybridized carbons (Fsp3) is 0.130. The maximum absolute atomic E-state index is 13.7. The van der Waals surface area contributed by atoms with E-state index in [1.165, 1.54) is 27.9 Å². The van der Waals surface area contributed by atoms with Crippen molar-refractivity contribution in [2.75, 3.05) is 4.90 Å². The van der Waals surface area contributed by atoms with Crippen LogP contribution in [0.4, 0.5) is 10.1 Å². The van der Waals surface area contributed by atoms with Crippen LogP contribution in [-0.2, 0) is 0 Å². The van der Waals surface area contributed by atoms with Crippen molar-refractivity contribution >= 4 is 28.5 Å². The molecular weight excluding hydrogens is 383 g/mol. The van der Waals surface area contributed by atoms with Crippen molar-refractivity contribution in [2.24, 2.45) is 0 Å². The van der Waals surface area contributed by atoms with Gasteiger partial charge in [-0.3, -0.25) is 9.59 Å². The number of carbonyl (C=O) groups is 2. The number of amides is 2. The van der Waals surface area contributed by atoms with Gasteiger partial charge in [0.05, 0.1) is 33.6 Å². The van der Waals surface area contributed by atoms with Crippen molar-refractivity contribution in [2.45, 2.75) is 20.8 Å². The zero-order valence-electron chi connectivity index (χ0n) is 16.6. The molecule has 2 aromatic carbocycles. The smallest absolute Gasteiger partial charge is 0.267 e. The number of pyridine rings is 1. The number of rotatable bonds is 2. The molecule has 2 amide bonds. The molecule has 5 rings (SSSR count). The van der Waals surface area contributed by atoms with Crippen molar-refractivity contribution in [3.63, 3.8) is 0 Å². The van der Waals surface area contributed by atoms with Gasteiger partial charge in [0, 0.05) is 6.20 Å². The molecular formula is C23H17FN4O2. The van der Waals surface area contributed by atoms with Crippen molar-refractivity contribution in [3.05, 3.63) is 82.4 Å². The van der Waals surface area contributed by atoms with Crippen LogP contribution in [0, 0.1) is 26.6 Å². The van der Waals surface area contributed by atoms with E-state index in [9.17, 15) is 14.0 Å². The summed E-state index contributed by atoms with van der Waals surface area (Å²) < 4.78 is 15.2. The lowest BCUT2D eigenvalue weighted by atomic mass is 10.1. The topological polar surface area (TPSA) is 68.1 Å². The fourth-order valence-corrected chi connectivity index (χ4v) is 3.85. The van der Waals surface area contributed by atoms with Gasteiger partial charge in [-0.15, -0.1) is 0 Å². The zero-order valence-corrected chi connectivity index (χ0v) is 16.6. The Balaban J connectivity index is 1.71. The summed E-state index contributed by atoms with van der Waals surface area (Å²) in [5.74, 6) is -1.22. The van der Waals surface area contributed by atoms with Gasteiger partial charge in [0.15, 0.2) is 5.65 Å². The molecule has 0 spiro atoms. The molecule has 148 valence electrons. The predicted molar refractivity (Wildman–Crippen MR) is 111 cm³/mol. The SMILES string of the molecule is Cc1ccc(N2C(=O)c3cnc4c(c(C)nn4-c4cccc(F)c4)c3C2=O)cc1C. The van der Waals surface area contributed by atoms with E-state index in [1.54, 1.807) is 25.1 Å². The molecule has 0 aliphatic carbocycles. The predicted octanol–water partition coefficient (Wildman–Crippen LogP) is 4.29. The standard InChI is InChI=1S/C23H17FN4O2/c1-12-7-8-16(9-13(12)2)27-22(29)18-11-25-21-19(20(18)23(27)30)14(3)26-28(21)17-6-4-5-15(24)10-17/h4-11H,1-3H3. The molecule has 0 N–H and O–H groups in total. The molecule has 0 bridgehead atoms. The Labute approximate surface area is 171 Å². The van der Waals surface area contributed by atoms with Gasteiger partial charge in [-0.05, 0) is 62.2 Å². The monoisotopic (exact) mass is 400 g/mol. The maximum atomic E-state index is 13.7. The lowest BCUT2D eigenvalue weighted by molar-refractivity contribution is 0.0926. The highest BCUT2D eigenvalue weighted by Crippen LogP contribution is 2.35. The van der Waals surface area contributed by atoms with Gasteiger partial charge < -0.3 is 0 Å². The van der Waals surface area contributed by atoms with E-state index in [0.717, 1.165) is 11.1 Å². The molecule has 1 aliphatic heterocycles. The van der Waals surface area contributed by atoms with E-state index in [-0.39, 0.29) is 11.1 Å². The number of carbonyl (C=O) groups excluding carboxylic acids is 2. The van der Waals surface area contributed by atoms with Crippen LogP contribution in [0.25, 0.3) is 16.7 Å². The highest BCUT2D eigenvalue weighted by Gasteiger charge is 2.40. The van der Waals surface area contributed by atoms with Gasteiger partial charge in [-0.25, -0.2) is 19.0 Å². The van der Waals surface area contributed by atoms with E-state index in [0.29, 0.717) is 28.1 Å². The minimum Gasteiger partial charge on any atom is -0.268 e. The lowest BCUT2D eigenvalue weighted by Crippen LogP contribution is -2.29. The number of anilines is 1. The Hall–Kier alpha value is -3.87. The molecule has 6 nitrogen and oxygen atoms in total. The Morgan fingerprint density at radius 3 is 2.43 bits per heavy atom. The molecule has 0 fully saturated rings. The first-order valence-corrected chi connectivity index (χ1v) is 9.47. The van der Waals surface area contributed by atoms with Gasteiger partial charge in [0.2, 0.25) is 0 Å². The highest BCUT2D eigenvalue weighted by molar-refractivity contribution is 6.37. The fourth-order valence-electron chi connectivity index (χ4n) is 3.85. The second-order valence-electron chi connectivity index (χ2n) is 7.44. The number of benzene rings is 2. The van der Waals surface area contributed by atoms with Crippen LogP contribution >= 0.6 is 0 Å². The molecule has 7 heteroatoms. The van der Waals surface area contributed by atoms with Gasteiger partial charge in [-0.1, -0.05) is 12.1 Å². The van der Waals surface area contributed by atoms with Gasteiger partial charge in [0.25, 0.3) is 11.8 Å². The van der Waals surface area contributed by atoms with Gasteiger partial charge in [-0.2, -0.15) is 5.10 Å². The summed E-state index contributed by atoms with van der Waals surface area (Å²) in [5, 5.41) is 4.97. The van der Waals surface area contributed by atoms with Crippen LogP contribution in [0.3, 0.4) is 0 Å². The van der Waals surface area contributed by atoms with Crippen molar-refractivity contribution in [1.82, 2.24) is 14.8 Å². The summed E-state index contributed by atoms with van der Waals surface area (Å²) in [6, 6.07) is 11.4. The van der Waals surface area contributed by atoms with Crippen LogP contribution in [-0.4, -0.2) is 26.6 Å². The van der Waals surface area contributed by atoms with Gasteiger partial charge in [0.1, 0.15) is 5.82 Å². The summed E-state index contributed by atoms with van der Waals surface area (Å²) in [6.45, 7) is 5.65. The number of hydrogen-bond donors (Lipinski definition) is 0. The summed E-state index contributed by atoms with van der Waals surface area (Å²) >= 11 is 0. The van der Waals surface area contributed by atoms with Crippen LogP contribution in [0.1, 0.15) is 37.5 Å². The van der Waals surface area contributed by atoms with Crippen molar-refractivity contribution in [1.29, 1.82) is 0 Å². The average Bonchev–Trinajstić information content (AvgIpc) is 3.18. The largest absolute Gasteiger partial charge is 0.268 e. The van der Waals surface area contributed by atoms with Crippen LogP contribution in [0.2, 0.25) is 0 Å². The molecule has 0 radical (unpaired) electrons. The third-order valence-corrected chi connectivity index (χ3v) is 5.52. The summed E-state index contributed by atoms with van der Waals surface area (Å²) in [5.41, 5.74) is 4.54. The molecule has 0 saturated carbocycles. The molecule has 2 aromatic heterocycles. The maximum Gasteiger partial charge on any atom is 0.267 e. The number of nitrogens with zero attached hydrogens (tertiary/aromatic N) is 4. The van der Waals surface area contributed by atoms with Gasteiger partial charge >= 0.3 is 0 Å².